The molecule has 2 heteroatoms. The Morgan fingerprint density at radius 2 is 1.50 bits per heavy atom. The Morgan fingerprint density at radius 1 is 0.875 bits per heavy atom. The number of halogens is 1. The van der Waals surface area contributed by atoms with E-state index in [-0.39, 0.29) is 5.82 Å². The fourth-order valence-corrected chi connectivity index (χ4v) is 1.71. The Hall–Kier alpha value is -1.83. The van der Waals surface area contributed by atoms with Crippen molar-refractivity contribution in [2.45, 2.75) is 13.8 Å². The number of hydrogen-bond donors (Lipinski definition) is 1. The number of benzene rings is 2. The summed E-state index contributed by atoms with van der Waals surface area (Å²) in [5, 5.41) is 3.13. The third-order valence-electron chi connectivity index (χ3n) is 2.61. The van der Waals surface area contributed by atoms with Crippen LogP contribution in [0.4, 0.5) is 15.8 Å². The van der Waals surface area contributed by atoms with Crippen LogP contribution in [0.15, 0.2) is 42.5 Å². The third-order valence-corrected chi connectivity index (χ3v) is 2.61. The van der Waals surface area contributed by atoms with Gasteiger partial charge in [0.1, 0.15) is 5.82 Å². The maximum Gasteiger partial charge on any atom is 0.146 e. The van der Waals surface area contributed by atoms with Crippen LogP contribution in [-0.2, 0) is 0 Å². The fourth-order valence-electron chi connectivity index (χ4n) is 1.71. The largest absolute Gasteiger partial charge is 0.353 e. The van der Waals surface area contributed by atoms with E-state index in [4.69, 9.17) is 0 Å². The summed E-state index contributed by atoms with van der Waals surface area (Å²) in [4.78, 5) is 0. The Balaban J connectivity index is 2.38. The summed E-state index contributed by atoms with van der Waals surface area (Å²) < 4.78 is 13.5. The van der Waals surface area contributed by atoms with Gasteiger partial charge in [-0.05, 0) is 37.1 Å². The summed E-state index contributed by atoms with van der Waals surface area (Å²) in [5.74, 6) is -0.231. The van der Waals surface area contributed by atoms with Gasteiger partial charge in [-0.1, -0.05) is 30.3 Å². The second-order valence-electron chi connectivity index (χ2n) is 3.87. The fraction of sp³-hybridized carbons (Fsp3) is 0.143. The molecule has 1 N–H and O–H groups in total. The average Bonchev–Trinajstić information content (AvgIpc) is 2.26. The summed E-state index contributed by atoms with van der Waals surface area (Å²) in [6, 6.07) is 12.7. The molecule has 2 rings (SSSR count). The Bertz CT molecular complexity index is 486. The molecule has 0 bridgehead atoms. The molecule has 0 aliphatic rings. The van der Waals surface area contributed by atoms with Crippen LogP contribution in [0.1, 0.15) is 11.1 Å². The van der Waals surface area contributed by atoms with Gasteiger partial charge in [-0.25, -0.2) is 4.39 Å². The van der Waals surface area contributed by atoms with E-state index in [0.29, 0.717) is 5.69 Å². The van der Waals surface area contributed by atoms with Crippen molar-refractivity contribution in [1.29, 1.82) is 0 Å². The first-order valence-corrected chi connectivity index (χ1v) is 5.26. The molecule has 0 saturated carbocycles. The predicted molar refractivity (Wildman–Crippen MR) is 65.6 cm³/mol. The highest BCUT2D eigenvalue weighted by Gasteiger charge is 2.05. The lowest BCUT2D eigenvalue weighted by atomic mass is 10.1. The normalized spacial score (nSPS) is 10.2. The molecule has 0 atom stereocenters. The molecule has 2 aromatic carbocycles. The van der Waals surface area contributed by atoms with Crippen LogP contribution in [0.2, 0.25) is 0 Å². The lowest BCUT2D eigenvalue weighted by Crippen LogP contribution is -1.97. The molecule has 0 heterocycles. The van der Waals surface area contributed by atoms with Crippen molar-refractivity contribution in [3.05, 3.63) is 59.4 Å². The second-order valence-corrected chi connectivity index (χ2v) is 3.87. The van der Waals surface area contributed by atoms with Crippen LogP contribution in [0, 0.1) is 19.7 Å². The molecule has 0 radical (unpaired) electrons. The lowest BCUT2D eigenvalue weighted by Gasteiger charge is -2.12. The first-order chi connectivity index (χ1) is 7.68. The lowest BCUT2D eigenvalue weighted by molar-refractivity contribution is 0.632. The average molecular weight is 215 g/mol. The summed E-state index contributed by atoms with van der Waals surface area (Å²) in [5.41, 5.74) is 3.72. The highest BCUT2D eigenvalue weighted by Crippen LogP contribution is 2.25. The van der Waals surface area contributed by atoms with E-state index in [9.17, 15) is 4.39 Å². The molecule has 2 aromatic rings. The van der Waals surface area contributed by atoms with E-state index in [1.54, 1.807) is 12.1 Å². The molecule has 0 aromatic heterocycles. The van der Waals surface area contributed by atoms with Crippen LogP contribution < -0.4 is 5.32 Å². The van der Waals surface area contributed by atoms with Crippen LogP contribution in [0.5, 0.6) is 0 Å². The Labute approximate surface area is 94.9 Å². The van der Waals surface area contributed by atoms with Crippen LogP contribution in [0.25, 0.3) is 0 Å². The zero-order valence-electron chi connectivity index (χ0n) is 9.42. The number of anilines is 2. The second kappa shape index (κ2) is 4.35. The van der Waals surface area contributed by atoms with E-state index in [0.717, 1.165) is 16.8 Å². The first kappa shape index (κ1) is 10.7. The maximum atomic E-state index is 13.5. The van der Waals surface area contributed by atoms with Crippen LogP contribution in [0.3, 0.4) is 0 Å². The summed E-state index contributed by atoms with van der Waals surface area (Å²) in [6.07, 6.45) is 0. The number of hydrogen-bond acceptors (Lipinski definition) is 1. The molecule has 0 saturated heterocycles. The highest BCUT2D eigenvalue weighted by atomic mass is 19.1. The minimum absolute atomic E-state index is 0.231. The van der Waals surface area contributed by atoms with Gasteiger partial charge in [-0.15, -0.1) is 0 Å². The van der Waals surface area contributed by atoms with Gasteiger partial charge in [0.2, 0.25) is 0 Å². The zero-order valence-corrected chi connectivity index (χ0v) is 9.42. The molecule has 0 amide bonds. The van der Waals surface area contributed by atoms with Crippen molar-refractivity contribution in [3.8, 4) is 0 Å². The van der Waals surface area contributed by atoms with Gasteiger partial charge in [0.25, 0.3) is 0 Å². The summed E-state index contributed by atoms with van der Waals surface area (Å²) in [6.45, 7) is 4.02. The molecular weight excluding hydrogens is 201 g/mol. The molecule has 16 heavy (non-hydrogen) atoms. The Kier molecular flexibility index (Phi) is 2.91. The Morgan fingerprint density at radius 3 is 2.12 bits per heavy atom. The number of aryl methyl sites for hydroxylation is 2. The molecule has 1 nitrogen and oxygen atoms in total. The molecule has 0 aliphatic carbocycles. The van der Waals surface area contributed by atoms with Crippen molar-refractivity contribution < 1.29 is 4.39 Å². The predicted octanol–water partition coefficient (Wildman–Crippen LogP) is 4.19. The third kappa shape index (κ3) is 2.06. The molecule has 0 unspecified atom stereocenters. The minimum Gasteiger partial charge on any atom is -0.353 e. The molecule has 0 spiro atoms. The molecule has 0 aliphatic heterocycles. The van der Waals surface area contributed by atoms with Crippen molar-refractivity contribution >= 4 is 11.4 Å². The topological polar surface area (TPSA) is 12.0 Å². The maximum absolute atomic E-state index is 13.5. The first-order valence-electron chi connectivity index (χ1n) is 5.26. The smallest absolute Gasteiger partial charge is 0.146 e. The van der Waals surface area contributed by atoms with Crippen molar-refractivity contribution in [3.63, 3.8) is 0 Å². The number of nitrogens with one attached hydrogen (secondary N) is 1. The van der Waals surface area contributed by atoms with Gasteiger partial charge in [-0.2, -0.15) is 0 Å². The van der Waals surface area contributed by atoms with Gasteiger partial charge >= 0.3 is 0 Å². The summed E-state index contributed by atoms with van der Waals surface area (Å²) in [7, 11) is 0. The van der Waals surface area contributed by atoms with Gasteiger partial charge in [0.05, 0.1) is 5.69 Å². The highest BCUT2D eigenvalue weighted by molar-refractivity contribution is 5.66. The van der Waals surface area contributed by atoms with Gasteiger partial charge in [0, 0.05) is 5.69 Å². The van der Waals surface area contributed by atoms with E-state index >= 15 is 0 Å². The van der Waals surface area contributed by atoms with E-state index in [1.807, 2.05) is 38.1 Å². The molecule has 0 fully saturated rings. The monoisotopic (exact) mass is 215 g/mol. The van der Waals surface area contributed by atoms with Gasteiger partial charge in [0.15, 0.2) is 0 Å². The SMILES string of the molecule is Cc1cccc(C)c1Nc1ccccc1F. The van der Waals surface area contributed by atoms with E-state index < -0.39 is 0 Å². The van der Waals surface area contributed by atoms with Gasteiger partial charge in [-0.3, -0.25) is 0 Å². The van der Waals surface area contributed by atoms with E-state index in [1.165, 1.54) is 6.07 Å². The number of para-hydroxylation sites is 2. The van der Waals surface area contributed by atoms with Gasteiger partial charge < -0.3 is 5.32 Å². The van der Waals surface area contributed by atoms with Crippen LogP contribution in [-0.4, -0.2) is 0 Å². The van der Waals surface area contributed by atoms with Crippen LogP contribution >= 0.6 is 0 Å². The molecular formula is C14H14FN. The van der Waals surface area contributed by atoms with E-state index in [2.05, 4.69) is 5.32 Å². The standard InChI is InChI=1S/C14H14FN/c1-10-6-5-7-11(2)14(10)16-13-9-4-3-8-12(13)15/h3-9,16H,1-2H3. The molecule has 82 valence electrons. The van der Waals surface area contributed by atoms with Crippen molar-refractivity contribution in [2.24, 2.45) is 0 Å². The summed E-state index contributed by atoms with van der Waals surface area (Å²) >= 11 is 0. The number of rotatable bonds is 2. The zero-order chi connectivity index (χ0) is 11.5. The minimum atomic E-state index is -0.231. The van der Waals surface area contributed by atoms with Crippen molar-refractivity contribution in [2.75, 3.05) is 5.32 Å². The van der Waals surface area contributed by atoms with Crippen molar-refractivity contribution in [1.82, 2.24) is 0 Å². The quantitative estimate of drug-likeness (QED) is 0.792.